The predicted octanol–water partition coefficient (Wildman–Crippen LogP) is 4.10. The predicted molar refractivity (Wildman–Crippen MR) is 103 cm³/mol. The van der Waals surface area contributed by atoms with Gasteiger partial charge >= 0.3 is 0 Å². The van der Waals surface area contributed by atoms with Gasteiger partial charge in [0.25, 0.3) is 0 Å². The minimum absolute atomic E-state index is 0.0245. The van der Waals surface area contributed by atoms with Gasteiger partial charge in [0.2, 0.25) is 10.0 Å². The second-order valence-corrected chi connectivity index (χ2v) is 7.79. The van der Waals surface area contributed by atoms with Crippen LogP contribution in [0, 0.1) is 0 Å². The third-order valence-electron chi connectivity index (χ3n) is 4.02. The number of para-hydroxylation sites is 1. The average molecular weight is 400 g/mol. The van der Waals surface area contributed by atoms with Gasteiger partial charge < -0.3 is 4.42 Å². The van der Waals surface area contributed by atoms with E-state index in [0.29, 0.717) is 27.9 Å². The van der Waals surface area contributed by atoms with E-state index in [2.05, 4.69) is 5.10 Å². The molecule has 27 heavy (non-hydrogen) atoms. The van der Waals surface area contributed by atoms with E-state index in [9.17, 15) is 8.42 Å². The van der Waals surface area contributed by atoms with Gasteiger partial charge in [-0.05, 0) is 42.5 Å². The Balaban J connectivity index is 1.97. The van der Waals surface area contributed by atoms with Gasteiger partial charge in [0.05, 0.1) is 17.6 Å². The van der Waals surface area contributed by atoms with E-state index in [0.717, 1.165) is 5.56 Å². The quantitative estimate of drug-likeness (QED) is 0.559. The van der Waals surface area contributed by atoms with Crippen LogP contribution in [-0.2, 0) is 10.0 Å². The van der Waals surface area contributed by atoms with E-state index >= 15 is 0 Å². The van der Waals surface area contributed by atoms with E-state index in [1.807, 2.05) is 18.2 Å². The third kappa shape index (κ3) is 3.40. The summed E-state index contributed by atoms with van der Waals surface area (Å²) in [6.45, 7) is 0. The number of aromatic nitrogens is 2. The van der Waals surface area contributed by atoms with Crippen molar-refractivity contribution in [3.8, 4) is 28.4 Å². The Labute approximate surface area is 160 Å². The molecule has 0 fully saturated rings. The molecule has 0 atom stereocenters. The number of sulfonamides is 1. The fraction of sp³-hybridized carbons (Fsp3) is 0. The van der Waals surface area contributed by atoms with Gasteiger partial charge in [-0.25, -0.2) is 18.2 Å². The van der Waals surface area contributed by atoms with Gasteiger partial charge in [-0.3, -0.25) is 0 Å². The Morgan fingerprint density at radius 3 is 2.41 bits per heavy atom. The topological polar surface area (TPSA) is 91.1 Å². The molecule has 2 aromatic carbocycles. The van der Waals surface area contributed by atoms with E-state index in [1.54, 1.807) is 48.7 Å². The molecular formula is C19H14ClN3O3S. The molecule has 136 valence electrons. The smallest absolute Gasteiger partial charge is 0.240 e. The number of primary sulfonamides is 1. The lowest BCUT2D eigenvalue weighted by atomic mass is 10.1. The van der Waals surface area contributed by atoms with E-state index < -0.39 is 10.0 Å². The SMILES string of the molecule is NS(=O)(=O)c1ccccc1-n1nc(-c2ccc(Cl)cc2)cc1-c1ccco1. The maximum Gasteiger partial charge on any atom is 0.240 e. The van der Waals surface area contributed by atoms with Gasteiger partial charge in [-0.15, -0.1) is 0 Å². The van der Waals surface area contributed by atoms with Crippen molar-refractivity contribution in [3.05, 3.63) is 78.0 Å². The fourth-order valence-electron chi connectivity index (χ4n) is 2.80. The number of hydrogen-bond donors (Lipinski definition) is 1. The number of nitrogens with zero attached hydrogens (tertiary/aromatic N) is 2. The second-order valence-electron chi connectivity index (χ2n) is 5.82. The van der Waals surface area contributed by atoms with Crippen molar-refractivity contribution in [1.82, 2.24) is 9.78 Å². The lowest BCUT2D eigenvalue weighted by Gasteiger charge is -2.10. The normalized spacial score (nSPS) is 11.6. The average Bonchev–Trinajstić information content (AvgIpc) is 3.31. The molecule has 0 bridgehead atoms. The summed E-state index contributed by atoms with van der Waals surface area (Å²) in [7, 11) is -3.94. The van der Waals surface area contributed by atoms with Crippen LogP contribution in [0.4, 0.5) is 0 Å². The van der Waals surface area contributed by atoms with Crippen LogP contribution >= 0.6 is 11.6 Å². The molecule has 0 aliphatic heterocycles. The summed E-state index contributed by atoms with van der Waals surface area (Å²) in [5.74, 6) is 0.548. The largest absolute Gasteiger partial charge is 0.463 e. The number of rotatable bonds is 4. The molecule has 0 saturated heterocycles. The molecule has 0 unspecified atom stereocenters. The minimum atomic E-state index is -3.94. The number of furan rings is 1. The third-order valence-corrected chi connectivity index (χ3v) is 5.23. The lowest BCUT2D eigenvalue weighted by Crippen LogP contribution is -2.16. The minimum Gasteiger partial charge on any atom is -0.463 e. The van der Waals surface area contributed by atoms with Crippen LogP contribution in [0.3, 0.4) is 0 Å². The maximum absolute atomic E-state index is 12.0. The highest BCUT2D eigenvalue weighted by Crippen LogP contribution is 2.31. The molecule has 0 saturated carbocycles. The molecule has 8 heteroatoms. The van der Waals surface area contributed by atoms with Crippen LogP contribution < -0.4 is 5.14 Å². The summed E-state index contributed by atoms with van der Waals surface area (Å²) in [6.07, 6.45) is 1.54. The van der Waals surface area contributed by atoms with Crippen LogP contribution in [0.5, 0.6) is 0 Å². The fourth-order valence-corrected chi connectivity index (χ4v) is 3.64. The van der Waals surface area contributed by atoms with Crippen molar-refractivity contribution in [2.75, 3.05) is 0 Å². The first-order valence-corrected chi connectivity index (χ1v) is 9.88. The Hall–Kier alpha value is -2.87. The zero-order chi connectivity index (χ0) is 19.0. The zero-order valence-corrected chi connectivity index (χ0v) is 15.5. The molecule has 2 heterocycles. The number of benzene rings is 2. The molecule has 0 aliphatic rings. The Kier molecular flexibility index (Phi) is 4.35. The van der Waals surface area contributed by atoms with Gasteiger partial charge in [0.1, 0.15) is 10.6 Å². The number of hydrogen-bond acceptors (Lipinski definition) is 4. The van der Waals surface area contributed by atoms with Crippen molar-refractivity contribution in [2.45, 2.75) is 4.90 Å². The molecule has 4 rings (SSSR count). The van der Waals surface area contributed by atoms with E-state index in [-0.39, 0.29) is 4.90 Å². The summed E-state index contributed by atoms with van der Waals surface area (Å²) >= 11 is 5.96. The highest BCUT2D eigenvalue weighted by atomic mass is 35.5. The summed E-state index contributed by atoms with van der Waals surface area (Å²) in [4.78, 5) is -0.0245. The van der Waals surface area contributed by atoms with E-state index in [4.69, 9.17) is 21.2 Å². The first kappa shape index (κ1) is 17.5. The van der Waals surface area contributed by atoms with Crippen LogP contribution in [0.15, 0.2) is 82.3 Å². The second kappa shape index (κ2) is 6.70. The van der Waals surface area contributed by atoms with Crippen molar-refractivity contribution in [3.63, 3.8) is 0 Å². The molecule has 0 amide bonds. The van der Waals surface area contributed by atoms with Crippen LogP contribution in [-0.4, -0.2) is 18.2 Å². The van der Waals surface area contributed by atoms with Crippen LogP contribution in [0.1, 0.15) is 0 Å². The molecule has 0 aliphatic carbocycles. The summed E-state index contributed by atoms with van der Waals surface area (Å²) < 4.78 is 31.1. The Morgan fingerprint density at radius 1 is 1.00 bits per heavy atom. The van der Waals surface area contributed by atoms with Crippen LogP contribution in [0.2, 0.25) is 5.02 Å². The van der Waals surface area contributed by atoms with Crippen molar-refractivity contribution in [1.29, 1.82) is 0 Å². The van der Waals surface area contributed by atoms with Crippen molar-refractivity contribution >= 4 is 21.6 Å². The molecule has 0 radical (unpaired) electrons. The summed E-state index contributed by atoms with van der Waals surface area (Å²) in [6, 6.07) is 19.0. The first-order valence-electron chi connectivity index (χ1n) is 7.95. The van der Waals surface area contributed by atoms with Crippen molar-refractivity contribution < 1.29 is 12.8 Å². The van der Waals surface area contributed by atoms with Crippen molar-refractivity contribution in [2.24, 2.45) is 5.14 Å². The first-order chi connectivity index (χ1) is 12.9. The van der Waals surface area contributed by atoms with Gasteiger partial charge in [-0.1, -0.05) is 35.9 Å². The lowest BCUT2D eigenvalue weighted by molar-refractivity contribution is 0.576. The molecule has 4 aromatic rings. The highest BCUT2D eigenvalue weighted by Gasteiger charge is 2.21. The van der Waals surface area contributed by atoms with E-state index in [1.165, 1.54) is 10.7 Å². The molecule has 6 nitrogen and oxygen atoms in total. The number of nitrogens with two attached hydrogens (primary N) is 1. The van der Waals surface area contributed by atoms with Gasteiger partial charge in [0, 0.05) is 10.6 Å². The maximum atomic E-state index is 12.0. The standard InChI is InChI=1S/C19H14ClN3O3S/c20-14-9-7-13(8-10-14)15-12-17(18-5-3-11-26-18)23(22-15)16-4-1-2-6-19(16)27(21,24)25/h1-12H,(H2,21,24,25). The number of halogens is 1. The van der Waals surface area contributed by atoms with Gasteiger partial charge in [0.15, 0.2) is 5.76 Å². The summed E-state index contributed by atoms with van der Waals surface area (Å²) in [5, 5.41) is 10.6. The Bertz CT molecular complexity index is 1200. The Morgan fingerprint density at radius 2 is 1.74 bits per heavy atom. The summed E-state index contributed by atoms with van der Waals surface area (Å²) in [5.41, 5.74) is 2.41. The highest BCUT2D eigenvalue weighted by molar-refractivity contribution is 7.89. The zero-order valence-electron chi connectivity index (χ0n) is 13.9. The molecule has 2 N–H and O–H groups in total. The van der Waals surface area contributed by atoms with Crippen LogP contribution in [0.25, 0.3) is 28.4 Å². The molecule has 0 spiro atoms. The monoisotopic (exact) mass is 399 g/mol. The molecular weight excluding hydrogens is 386 g/mol. The molecule has 2 aromatic heterocycles. The van der Waals surface area contributed by atoms with Gasteiger partial charge in [-0.2, -0.15) is 5.10 Å².